The molecule has 2 heteroatoms. The van der Waals surface area contributed by atoms with Gasteiger partial charge in [-0.15, -0.1) is 0 Å². The van der Waals surface area contributed by atoms with Crippen LogP contribution in [-0.2, 0) is 4.74 Å². The van der Waals surface area contributed by atoms with E-state index in [1.807, 2.05) is 0 Å². The summed E-state index contributed by atoms with van der Waals surface area (Å²) in [5.41, 5.74) is 0. The SMILES string of the molecule is CCNC(CC1CCCO1)C(C)CC. The molecule has 1 saturated heterocycles. The van der Waals surface area contributed by atoms with Crippen molar-refractivity contribution >= 4 is 0 Å². The molecule has 0 radical (unpaired) electrons. The fraction of sp³-hybridized carbons (Fsp3) is 1.00. The molecule has 1 heterocycles. The number of rotatable bonds is 6. The largest absolute Gasteiger partial charge is 0.378 e. The second-order valence-corrected chi connectivity index (χ2v) is 4.42. The van der Waals surface area contributed by atoms with Gasteiger partial charge in [-0.05, 0) is 31.7 Å². The summed E-state index contributed by atoms with van der Waals surface area (Å²) in [6.45, 7) is 8.84. The lowest BCUT2D eigenvalue weighted by atomic mass is 9.93. The molecule has 1 aliphatic rings. The fourth-order valence-corrected chi connectivity index (χ4v) is 2.18. The molecule has 0 amide bonds. The topological polar surface area (TPSA) is 21.3 Å². The van der Waals surface area contributed by atoms with Gasteiger partial charge in [-0.25, -0.2) is 0 Å². The third-order valence-electron chi connectivity index (χ3n) is 3.34. The number of ether oxygens (including phenoxy) is 1. The maximum Gasteiger partial charge on any atom is 0.0590 e. The monoisotopic (exact) mass is 199 g/mol. The highest BCUT2D eigenvalue weighted by molar-refractivity contribution is 4.78. The average molecular weight is 199 g/mol. The van der Waals surface area contributed by atoms with Gasteiger partial charge in [-0.3, -0.25) is 0 Å². The third kappa shape index (κ3) is 3.58. The molecule has 0 spiro atoms. The normalized spacial score (nSPS) is 26.4. The van der Waals surface area contributed by atoms with Gasteiger partial charge < -0.3 is 10.1 Å². The van der Waals surface area contributed by atoms with Crippen molar-refractivity contribution in [2.45, 2.75) is 58.6 Å². The first-order chi connectivity index (χ1) is 6.77. The average Bonchev–Trinajstić information content (AvgIpc) is 2.68. The van der Waals surface area contributed by atoms with Crippen molar-refractivity contribution in [2.24, 2.45) is 5.92 Å². The second kappa shape index (κ2) is 6.41. The van der Waals surface area contributed by atoms with Gasteiger partial charge in [0.2, 0.25) is 0 Å². The van der Waals surface area contributed by atoms with Crippen molar-refractivity contribution < 1.29 is 4.74 Å². The van der Waals surface area contributed by atoms with E-state index in [1.54, 1.807) is 0 Å². The van der Waals surface area contributed by atoms with Crippen LogP contribution in [0.25, 0.3) is 0 Å². The van der Waals surface area contributed by atoms with E-state index in [2.05, 4.69) is 26.1 Å². The summed E-state index contributed by atoms with van der Waals surface area (Å²) in [5, 5.41) is 3.58. The Balaban J connectivity index is 2.33. The standard InChI is InChI=1S/C12H25NO/c1-4-10(3)12(13-5-2)9-11-7-6-8-14-11/h10-13H,4-9H2,1-3H3. The number of hydrogen-bond acceptors (Lipinski definition) is 2. The molecule has 0 aromatic carbocycles. The lowest BCUT2D eigenvalue weighted by molar-refractivity contribution is 0.0879. The predicted molar refractivity (Wildman–Crippen MR) is 60.5 cm³/mol. The Morgan fingerprint density at radius 3 is 2.71 bits per heavy atom. The Bertz CT molecular complexity index is 143. The van der Waals surface area contributed by atoms with Gasteiger partial charge in [0.15, 0.2) is 0 Å². The van der Waals surface area contributed by atoms with Crippen molar-refractivity contribution in [3.63, 3.8) is 0 Å². The van der Waals surface area contributed by atoms with E-state index >= 15 is 0 Å². The molecule has 1 rings (SSSR count). The van der Waals surface area contributed by atoms with Gasteiger partial charge in [0.25, 0.3) is 0 Å². The molecule has 2 nitrogen and oxygen atoms in total. The summed E-state index contributed by atoms with van der Waals surface area (Å²) in [4.78, 5) is 0. The maximum absolute atomic E-state index is 5.68. The van der Waals surface area contributed by atoms with Crippen molar-refractivity contribution in [1.29, 1.82) is 0 Å². The van der Waals surface area contributed by atoms with Gasteiger partial charge in [0.1, 0.15) is 0 Å². The van der Waals surface area contributed by atoms with E-state index in [0.29, 0.717) is 12.1 Å². The van der Waals surface area contributed by atoms with Crippen LogP contribution in [0.1, 0.15) is 46.5 Å². The van der Waals surface area contributed by atoms with Crippen molar-refractivity contribution in [3.8, 4) is 0 Å². The highest BCUT2D eigenvalue weighted by Gasteiger charge is 2.23. The molecule has 0 saturated carbocycles. The second-order valence-electron chi connectivity index (χ2n) is 4.42. The lowest BCUT2D eigenvalue weighted by Gasteiger charge is -2.26. The Labute approximate surface area is 88.4 Å². The zero-order valence-electron chi connectivity index (χ0n) is 9.88. The highest BCUT2D eigenvalue weighted by Crippen LogP contribution is 2.21. The molecular weight excluding hydrogens is 174 g/mol. The minimum atomic E-state index is 0.521. The van der Waals surface area contributed by atoms with Crippen LogP contribution in [0.3, 0.4) is 0 Å². The zero-order chi connectivity index (χ0) is 10.4. The lowest BCUT2D eigenvalue weighted by Crippen LogP contribution is -2.37. The van der Waals surface area contributed by atoms with Crippen molar-refractivity contribution in [2.75, 3.05) is 13.2 Å². The molecular formula is C12H25NO. The van der Waals surface area contributed by atoms with Gasteiger partial charge >= 0.3 is 0 Å². The van der Waals surface area contributed by atoms with E-state index in [1.165, 1.54) is 25.7 Å². The van der Waals surface area contributed by atoms with Gasteiger partial charge in [-0.1, -0.05) is 27.2 Å². The summed E-state index contributed by atoms with van der Waals surface area (Å²) in [7, 11) is 0. The van der Waals surface area contributed by atoms with Crippen molar-refractivity contribution in [3.05, 3.63) is 0 Å². The molecule has 3 unspecified atom stereocenters. The van der Waals surface area contributed by atoms with E-state index in [9.17, 15) is 0 Å². The molecule has 1 N–H and O–H groups in total. The van der Waals surface area contributed by atoms with Crippen molar-refractivity contribution in [1.82, 2.24) is 5.32 Å². The summed E-state index contributed by atoms with van der Waals surface area (Å²) in [5.74, 6) is 0.763. The van der Waals surface area contributed by atoms with E-state index in [4.69, 9.17) is 4.74 Å². The maximum atomic E-state index is 5.68. The van der Waals surface area contributed by atoms with E-state index in [-0.39, 0.29) is 0 Å². The van der Waals surface area contributed by atoms with E-state index in [0.717, 1.165) is 19.1 Å². The van der Waals surface area contributed by atoms with Crippen LogP contribution in [0.2, 0.25) is 0 Å². The minimum absolute atomic E-state index is 0.521. The smallest absolute Gasteiger partial charge is 0.0590 e. The molecule has 0 aromatic rings. The van der Waals surface area contributed by atoms with Gasteiger partial charge in [0.05, 0.1) is 6.10 Å². The van der Waals surface area contributed by atoms with Crippen LogP contribution in [0.4, 0.5) is 0 Å². The Hall–Kier alpha value is -0.0800. The van der Waals surface area contributed by atoms with Crippen LogP contribution in [0.15, 0.2) is 0 Å². The van der Waals surface area contributed by atoms with Crippen LogP contribution >= 0.6 is 0 Å². The Kier molecular flexibility index (Phi) is 5.49. The molecule has 0 aromatic heterocycles. The summed E-state index contributed by atoms with van der Waals surface area (Å²) >= 11 is 0. The Morgan fingerprint density at radius 2 is 2.21 bits per heavy atom. The van der Waals surface area contributed by atoms with Gasteiger partial charge in [-0.2, -0.15) is 0 Å². The quantitative estimate of drug-likeness (QED) is 0.710. The summed E-state index contributed by atoms with van der Waals surface area (Å²) < 4.78 is 5.68. The summed E-state index contributed by atoms with van der Waals surface area (Å²) in [6, 6.07) is 0.646. The first kappa shape index (κ1) is 12.0. The van der Waals surface area contributed by atoms with Crippen LogP contribution in [0.5, 0.6) is 0 Å². The minimum Gasteiger partial charge on any atom is -0.378 e. The molecule has 14 heavy (non-hydrogen) atoms. The molecule has 0 bridgehead atoms. The molecule has 1 aliphatic heterocycles. The summed E-state index contributed by atoms with van der Waals surface area (Å²) in [6.07, 6.45) is 5.49. The van der Waals surface area contributed by atoms with Crippen LogP contribution in [-0.4, -0.2) is 25.3 Å². The molecule has 3 atom stereocenters. The van der Waals surface area contributed by atoms with Gasteiger partial charge in [0, 0.05) is 12.6 Å². The third-order valence-corrected chi connectivity index (χ3v) is 3.34. The first-order valence-corrected chi connectivity index (χ1v) is 6.12. The van der Waals surface area contributed by atoms with Crippen LogP contribution < -0.4 is 5.32 Å². The Morgan fingerprint density at radius 1 is 1.43 bits per heavy atom. The zero-order valence-corrected chi connectivity index (χ0v) is 9.88. The molecule has 0 aliphatic carbocycles. The number of hydrogen-bond donors (Lipinski definition) is 1. The first-order valence-electron chi connectivity index (χ1n) is 6.12. The number of nitrogens with one attached hydrogen (secondary N) is 1. The molecule has 1 fully saturated rings. The molecule has 84 valence electrons. The fourth-order valence-electron chi connectivity index (χ4n) is 2.18. The van der Waals surface area contributed by atoms with E-state index < -0.39 is 0 Å². The highest BCUT2D eigenvalue weighted by atomic mass is 16.5. The predicted octanol–water partition coefficient (Wildman–Crippen LogP) is 2.58. The van der Waals surface area contributed by atoms with Crippen LogP contribution in [0, 0.1) is 5.92 Å².